The van der Waals surface area contributed by atoms with Crippen LogP contribution in [0.2, 0.25) is 0 Å². The number of rotatable bonds is 5. The molecule has 3 aromatic heterocycles. The van der Waals surface area contributed by atoms with E-state index in [1.165, 1.54) is 17.7 Å². The molecule has 1 N–H and O–H groups in total. The predicted octanol–water partition coefficient (Wildman–Crippen LogP) is 5.60. The molecule has 0 radical (unpaired) electrons. The Bertz CT molecular complexity index is 659. The van der Waals surface area contributed by atoms with Crippen molar-refractivity contribution in [3.05, 3.63) is 29.6 Å². The van der Waals surface area contributed by atoms with Gasteiger partial charge in [-0.15, -0.1) is 11.3 Å². The number of aromatic amines is 1. The maximum atomic E-state index is 4.62. The summed E-state index contributed by atoms with van der Waals surface area (Å²) in [4.78, 5) is 13.7. The van der Waals surface area contributed by atoms with Gasteiger partial charge in [0.15, 0.2) is 10.8 Å². The van der Waals surface area contributed by atoms with Crippen molar-refractivity contribution in [2.75, 3.05) is 5.75 Å². The molecule has 0 aromatic carbocycles. The molecular weight excluding hydrogens is 298 g/mol. The number of pyridine rings is 1. The number of hydrogen-bond acceptors (Lipinski definition) is 4. The summed E-state index contributed by atoms with van der Waals surface area (Å²) in [6.45, 7) is 6.20. The van der Waals surface area contributed by atoms with E-state index < -0.39 is 0 Å². The molecule has 0 bridgehead atoms. The molecule has 0 amide bonds. The predicted molar refractivity (Wildman–Crippen MR) is 94.2 cm³/mol. The van der Waals surface area contributed by atoms with Crippen LogP contribution >= 0.6 is 23.1 Å². The van der Waals surface area contributed by atoms with Crippen molar-refractivity contribution < 1.29 is 0 Å². The quantitative estimate of drug-likeness (QED) is 0.491. The van der Waals surface area contributed by atoms with E-state index in [1.54, 1.807) is 23.1 Å². The molecule has 0 aliphatic rings. The number of thioether (sulfide) groups is 1. The minimum Gasteiger partial charge on any atom is -0.332 e. The standard InChI is InChI=1S/C14H15N3S2.C2H6/c1-2-3-8-19-14-16-11-7-6-10(15-13(11)17-14)12-5-4-9-18-12;1-2/h4-7,9H,2-3,8H2,1H3,(H,15,16,17);1-2H3. The van der Waals surface area contributed by atoms with Crippen molar-refractivity contribution in [3.8, 4) is 10.6 Å². The van der Waals surface area contributed by atoms with E-state index in [-0.39, 0.29) is 0 Å². The third-order valence-corrected chi connectivity index (χ3v) is 4.69. The summed E-state index contributed by atoms with van der Waals surface area (Å²) in [5, 5.41) is 3.04. The van der Waals surface area contributed by atoms with E-state index in [9.17, 15) is 0 Å². The fraction of sp³-hybridized carbons (Fsp3) is 0.375. The zero-order chi connectivity index (χ0) is 15.1. The Morgan fingerprint density at radius 1 is 1.19 bits per heavy atom. The van der Waals surface area contributed by atoms with Crippen molar-refractivity contribution in [2.45, 2.75) is 38.8 Å². The fourth-order valence-electron chi connectivity index (χ4n) is 1.81. The molecule has 3 heterocycles. The summed E-state index contributed by atoms with van der Waals surface area (Å²) in [5.74, 6) is 1.11. The van der Waals surface area contributed by atoms with E-state index in [0.717, 1.165) is 27.8 Å². The first-order valence-electron chi connectivity index (χ1n) is 7.40. The second kappa shape index (κ2) is 8.20. The maximum Gasteiger partial charge on any atom is 0.179 e. The van der Waals surface area contributed by atoms with Crippen LogP contribution in [0.25, 0.3) is 21.7 Å². The fourth-order valence-corrected chi connectivity index (χ4v) is 3.47. The van der Waals surface area contributed by atoms with Crippen molar-refractivity contribution in [2.24, 2.45) is 0 Å². The topological polar surface area (TPSA) is 41.6 Å². The SMILES string of the molecule is CC.CCCCSc1nc2nc(-c3cccs3)ccc2[nH]1. The van der Waals surface area contributed by atoms with Crippen LogP contribution in [0.5, 0.6) is 0 Å². The Kier molecular flexibility index (Phi) is 6.26. The lowest BCUT2D eigenvalue weighted by atomic mass is 10.3. The molecule has 0 unspecified atom stereocenters. The van der Waals surface area contributed by atoms with E-state index >= 15 is 0 Å². The Morgan fingerprint density at radius 2 is 2.05 bits per heavy atom. The molecule has 0 saturated carbocycles. The highest BCUT2D eigenvalue weighted by Crippen LogP contribution is 2.25. The highest BCUT2D eigenvalue weighted by Gasteiger charge is 2.07. The molecule has 0 spiro atoms. The maximum absolute atomic E-state index is 4.62. The average molecular weight is 319 g/mol. The molecule has 0 aliphatic heterocycles. The number of nitrogens with zero attached hydrogens (tertiary/aromatic N) is 2. The molecule has 5 heteroatoms. The minimum absolute atomic E-state index is 0.810. The van der Waals surface area contributed by atoms with Crippen LogP contribution in [0.15, 0.2) is 34.8 Å². The lowest BCUT2D eigenvalue weighted by molar-refractivity contribution is 0.893. The summed E-state index contributed by atoms with van der Waals surface area (Å²) in [6.07, 6.45) is 2.43. The zero-order valence-electron chi connectivity index (χ0n) is 12.7. The Morgan fingerprint density at radius 3 is 2.76 bits per heavy atom. The molecule has 3 aromatic rings. The van der Waals surface area contributed by atoms with Gasteiger partial charge in [-0.1, -0.05) is 45.0 Å². The van der Waals surface area contributed by atoms with Gasteiger partial charge in [0.2, 0.25) is 0 Å². The minimum atomic E-state index is 0.810. The highest BCUT2D eigenvalue weighted by atomic mass is 32.2. The van der Waals surface area contributed by atoms with Gasteiger partial charge in [0.25, 0.3) is 0 Å². The van der Waals surface area contributed by atoms with Gasteiger partial charge < -0.3 is 4.98 Å². The van der Waals surface area contributed by atoms with Gasteiger partial charge in [-0.05, 0) is 30.0 Å². The molecule has 0 fully saturated rings. The van der Waals surface area contributed by atoms with Crippen molar-refractivity contribution in [1.29, 1.82) is 0 Å². The number of fused-ring (bicyclic) bond motifs is 1. The second-order valence-corrected chi connectivity index (χ2v) is 6.32. The number of hydrogen-bond donors (Lipinski definition) is 1. The van der Waals surface area contributed by atoms with Gasteiger partial charge in [0.1, 0.15) is 0 Å². The number of imidazole rings is 1. The van der Waals surface area contributed by atoms with Gasteiger partial charge in [0.05, 0.1) is 16.1 Å². The van der Waals surface area contributed by atoms with Gasteiger partial charge >= 0.3 is 0 Å². The monoisotopic (exact) mass is 319 g/mol. The Balaban J connectivity index is 0.000000774. The van der Waals surface area contributed by atoms with E-state index in [0.29, 0.717) is 0 Å². The van der Waals surface area contributed by atoms with E-state index in [1.807, 2.05) is 26.0 Å². The van der Waals surface area contributed by atoms with Crippen LogP contribution in [0.1, 0.15) is 33.6 Å². The summed E-state index contributed by atoms with van der Waals surface area (Å²) >= 11 is 3.47. The summed E-state index contributed by atoms with van der Waals surface area (Å²) in [5.41, 5.74) is 2.82. The molecule has 3 rings (SSSR count). The lowest BCUT2D eigenvalue weighted by Crippen LogP contribution is -1.81. The first-order valence-corrected chi connectivity index (χ1v) is 9.27. The number of thiophene rings is 1. The lowest BCUT2D eigenvalue weighted by Gasteiger charge is -1.94. The Hall–Kier alpha value is -1.33. The largest absolute Gasteiger partial charge is 0.332 e. The van der Waals surface area contributed by atoms with E-state index in [4.69, 9.17) is 0 Å². The number of nitrogens with one attached hydrogen (secondary N) is 1. The van der Waals surface area contributed by atoms with Crippen LogP contribution in [-0.2, 0) is 0 Å². The van der Waals surface area contributed by atoms with Crippen molar-refractivity contribution in [1.82, 2.24) is 15.0 Å². The number of aromatic nitrogens is 3. The third-order valence-electron chi connectivity index (χ3n) is 2.83. The van der Waals surface area contributed by atoms with E-state index in [2.05, 4.69) is 39.4 Å². The molecule has 0 saturated heterocycles. The first-order chi connectivity index (χ1) is 10.4. The van der Waals surface area contributed by atoms with Gasteiger partial charge in [-0.2, -0.15) is 0 Å². The summed E-state index contributed by atoms with van der Waals surface area (Å²) in [7, 11) is 0. The van der Waals surface area contributed by atoms with Crippen LogP contribution in [0.3, 0.4) is 0 Å². The van der Waals surface area contributed by atoms with Crippen molar-refractivity contribution in [3.63, 3.8) is 0 Å². The Labute approximate surface area is 134 Å². The van der Waals surface area contributed by atoms with Crippen molar-refractivity contribution >= 4 is 34.3 Å². The normalized spacial score (nSPS) is 10.4. The molecular formula is C16H21N3S2. The van der Waals surface area contributed by atoms with Crippen LogP contribution < -0.4 is 0 Å². The van der Waals surface area contributed by atoms with Crippen LogP contribution in [-0.4, -0.2) is 20.7 Å². The summed E-state index contributed by atoms with van der Waals surface area (Å²) < 4.78 is 0. The number of unbranched alkanes of at least 4 members (excludes halogenated alkanes) is 1. The average Bonchev–Trinajstić information content (AvgIpc) is 3.18. The first kappa shape index (κ1) is 16.0. The zero-order valence-corrected chi connectivity index (χ0v) is 14.4. The molecule has 0 aliphatic carbocycles. The van der Waals surface area contributed by atoms with Gasteiger partial charge in [-0.3, -0.25) is 0 Å². The van der Waals surface area contributed by atoms with Crippen LogP contribution in [0.4, 0.5) is 0 Å². The number of H-pyrrole nitrogens is 1. The second-order valence-electron chi connectivity index (χ2n) is 4.29. The molecule has 3 nitrogen and oxygen atoms in total. The molecule has 112 valence electrons. The molecule has 0 atom stereocenters. The van der Waals surface area contributed by atoms with Crippen LogP contribution in [0, 0.1) is 0 Å². The highest BCUT2D eigenvalue weighted by molar-refractivity contribution is 7.99. The third kappa shape index (κ3) is 4.08. The summed E-state index contributed by atoms with van der Waals surface area (Å²) in [6, 6.07) is 8.24. The van der Waals surface area contributed by atoms with Gasteiger partial charge in [0, 0.05) is 5.75 Å². The molecule has 21 heavy (non-hydrogen) atoms. The van der Waals surface area contributed by atoms with Gasteiger partial charge in [-0.25, -0.2) is 9.97 Å². The smallest absolute Gasteiger partial charge is 0.179 e.